The van der Waals surface area contributed by atoms with Crippen LogP contribution in [-0.2, 0) is 11.2 Å². The van der Waals surface area contributed by atoms with E-state index in [1.165, 1.54) is 4.90 Å². The fraction of sp³-hybridized carbons (Fsp3) is 0.316. The molecule has 1 unspecified atom stereocenters. The average Bonchev–Trinajstić information content (AvgIpc) is 2.72. The number of carbonyl (C=O) groups is 2. The zero-order valence-electron chi connectivity index (χ0n) is 15.5. The molecular weight excluding hydrogens is 477 g/mol. The summed E-state index contributed by atoms with van der Waals surface area (Å²) in [7, 11) is 0. The second-order valence-corrected chi connectivity index (χ2v) is 8.33. The summed E-state index contributed by atoms with van der Waals surface area (Å²) in [6, 6.07) is 4.22. The highest BCUT2D eigenvalue weighted by Gasteiger charge is 2.30. The maximum Gasteiger partial charge on any atom is 0.258 e. The molecule has 1 atom stereocenters. The molecule has 1 aliphatic rings. The van der Waals surface area contributed by atoms with Gasteiger partial charge in [-0.1, -0.05) is 52.5 Å². The Hall–Kier alpha value is -1.64. The van der Waals surface area contributed by atoms with Gasteiger partial charge in [0, 0.05) is 36.2 Å². The van der Waals surface area contributed by atoms with Gasteiger partial charge in [0.2, 0.25) is 5.91 Å². The van der Waals surface area contributed by atoms with E-state index in [0.717, 1.165) is 11.8 Å². The van der Waals surface area contributed by atoms with Gasteiger partial charge in [-0.25, -0.2) is 9.37 Å². The molecule has 1 fully saturated rings. The number of halogens is 5. The Morgan fingerprint density at radius 1 is 1.10 bits per heavy atom. The summed E-state index contributed by atoms with van der Waals surface area (Å²) in [6.45, 7) is 0.986. The van der Waals surface area contributed by atoms with E-state index >= 15 is 0 Å². The zero-order valence-corrected chi connectivity index (χ0v) is 18.6. The lowest BCUT2D eigenvalue weighted by atomic mass is 10.0. The van der Waals surface area contributed by atoms with Crippen LogP contribution in [0.3, 0.4) is 0 Å². The Labute approximate surface area is 192 Å². The predicted molar refractivity (Wildman–Crippen MR) is 115 cm³/mol. The van der Waals surface area contributed by atoms with Gasteiger partial charge in [0.25, 0.3) is 5.91 Å². The van der Waals surface area contributed by atoms with Gasteiger partial charge in [-0.15, -0.1) is 0 Å². The van der Waals surface area contributed by atoms with Crippen molar-refractivity contribution in [3.8, 4) is 0 Å². The first-order chi connectivity index (χ1) is 14.2. The third-order valence-electron chi connectivity index (χ3n) is 4.79. The van der Waals surface area contributed by atoms with Gasteiger partial charge in [0.05, 0.1) is 22.8 Å². The summed E-state index contributed by atoms with van der Waals surface area (Å²) < 4.78 is 13.7. The topological polar surface area (TPSA) is 79.5 Å². The first kappa shape index (κ1) is 23.0. The third-order valence-corrected chi connectivity index (χ3v) is 6.03. The lowest BCUT2D eigenvalue weighted by Gasteiger charge is -2.36. The molecule has 30 heavy (non-hydrogen) atoms. The van der Waals surface area contributed by atoms with Crippen molar-refractivity contribution in [3.63, 3.8) is 0 Å². The summed E-state index contributed by atoms with van der Waals surface area (Å²) in [4.78, 5) is 32.1. The van der Waals surface area contributed by atoms with Crippen LogP contribution in [0.2, 0.25) is 20.2 Å². The highest BCUT2D eigenvalue weighted by atomic mass is 35.5. The molecule has 2 heterocycles. The summed E-state index contributed by atoms with van der Waals surface area (Å²) in [5.41, 5.74) is 6.61. The maximum atomic E-state index is 13.7. The quantitative estimate of drug-likeness (QED) is 0.658. The molecule has 0 aliphatic carbocycles. The van der Waals surface area contributed by atoms with Crippen LogP contribution in [0, 0.1) is 5.82 Å². The highest BCUT2D eigenvalue weighted by molar-refractivity contribution is 6.39. The lowest BCUT2D eigenvalue weighted by molar-refractivity contribution is -0.134. The summed E-state index contributed by atoms with van der Waals surface area (Å²) in [5.74, 6) is -1.62. The molecule has 1 aliphatic heterocycles. The second kappa shape index (κ2) is 9.66. The van der Waals surface area contributed by atoms with E-state index in [1.54, 1.807) is 23.1 Å². The van der Waals surface area contributed by atoms with Crippen molar-refractivity contribution in [1.82, 2.24) is 14.8 Å². The summed E-state index contributed by atoms with van der Waals surface area (Å²) >= 11 is 23.8. The van der Waals surface area contributed by atoms with Crippen LogP contribution < -0.4 is 5.73 Å². The van der Waals surface area contributed by atoms with Gasteiger partial charge in [-0.05, 0) is 24.1 Å². The number of pyridine rings is 1. The molecular formula is C19H17Cl4FN4O2. The van der Waals surface area contributed by atoms with Crippen molar-refractivity contribution in [3.05, 3.63) is 61.6 Å². The van der Waals surface area contributed by atoms with Crippen LogP contribution in [0.5, 0.6) is 0 Å². The number of nitrogens with two attached hydrogens (primary N) is 1. The van der Waals surface area contributed by atoms with E-state index in [0.29, 0.717) is 10.0 Å². The predicted octanol–water partition coefficient (Wildman–Crippen LogP) is 3.69. The number of rotatable bonds is 4. The van der Waals surface area contributed by atoms with Gasteiger partial charge >= 0.3 is 0 Å². The fourth-order valence-corrected chi connectivity index (χ4v) is 4.14. The van der Waals surface area contributed by atoms with E-state index in [1.807, 2.05) is 0 Å². The van der Waals surface area contributed by atoms with Crippen LogP contribution in [-0.4, -0.2) is 58.8 Å². The smallest absolute Gasteiger partial charge is 0.258 e. The normalized spacial score (nSPS) is 15.3. The van der Waals surface area contributed by atoms with Gasteiger partial charge in [-0.3, -0.25) is 9.59 Å². The van der Waals surface area contributed by atoms with Crippen molar-refractivity contribution in [2.24, 2.45) is 5.73 Å². The SMILES string of the molecule is NC(Cc1ccc(Cl)cc1Cl)C(=O)N1CCN(C(=O)c2c(Cl)ncc(F)c2Cl)CC1. The standard InChI is InChI=1S/C19H17Cl4FN4O2/c20-11-2-1-10(12(21)8-11)7-14(25)18(29)27-3-5-28(6-4-27)19(30)15-16(22)13(24)9-26-17(15)23/h1-2,8-9,14H,3-7,25H2. The molecule has 0 bridgehead atoms. The number of piperazine rings is 1. The molecule has 11 heteroatoms. The Morgan fingerprint density at radius 3 is 2.37 bits per heavy atom. The van der Waals surface area contributed by atoms with Crippen LogP contribution in [0.25, 0.3) is 0 Å². The molecule has 1 aromatic carbocycles. The van der Waals surface area contributed by atoms with Gasteiger partial charge in [-0.2, -0.15) is 0 Å². The maximum absolute atomic E-state index is 13.7. The number of hydrogen-bond acceptors (Lipinski definition) is 4. The van der Waals surface area contributed by atoms with Crippen molar-refractivity contribution >= 4 is 58.2 Å². The second-order valence-electron chi connectivity index (χ2n) is 6.75. The minimum absolute atomic E-state index is 0.174. The van der Waals surface area contributed by atoms with Crippen LogP contribution in [0.4, 0.5) is 4.39 Å². The average molecular weight is 494 g/mol. The number of amides is 2. The molecule has 1 saturated heterocycles. The molecule has 2 aromatic rings. The van der Waals surface area contributed by atoms with Crippen molar-refractivity contribution in [2.75, 3.05) is 26.2 Å². The Morgan fingerprint density at radius 2 is 1.73 bits per heavy atom. The van der Waals surface area contributed by atoms with E-state index < -0.39 is 17.8 Å². The molecule has 0 radical (unpaired) electrons. The molecule has 160 valence electrons. The molecule has 0 spiro atoms. The lowest BCUT2D eigenvalue weighted by Crippen LogP contribution is -2.54. The van der Waals surface area contributed by atoms with Gasteiger partial charge in [0.15, 0.2) is 5.82 Å². The van der Waals surface area contributed by atoms with Crippen LogP contribution in [0.15, 0.2) is 24.4 Å². The van der Waals surface area contributed by atoms with E-state index in [2.05, 4.69) is 4.98 Å². The van der Waals surface area contributed by atoms with E-state index in [-0.39, 0.29) is 54.2 Å². The molecule has 2 N–H and O–H groups in total. The number of aromatic nitrogens is 1. The minimum atomic E-state index is -0.829. The number of nitrogens with zero attached hydrogens (tertiary/aromatic N) is 3. The van der Waals surface area contributed by atoms with E-state index in [9.17, 15) is 14.0 Å². The summed E-state index contributed by atoms with van der Waals surface area (Å²) in [5, 5.41) is 0.393. The Kier molecular flexibility index (Phi) is 7.42. The van der Waals surface area contributed by atoms with Gasteiger partial charge in [0.1, 0.15) is 5.15 Å². The highest BCUT2D eigenvalue weighted by Crippen LogP contribution is 2.27. The minimum Gasteiger partial charge on any atom is -0.338 e. The summed E-state index contributed by atoms with van der Waals surface area (Å²) in [6.07, 6.45) is 1.11. The van der Waals surface area contributed by atoms with Gasteiger partial charge < -0.3 is 15.5 Å². The number of hydrogen-bond donors (Lipinski definition) is 1. The first-order valence-corrected chi connectivity index (χ1v) is 10.5. The fourth-order valence-electron chi connectivity index (χ4n) is 3.16. The molecule has 3 rings (SSSR count). The number of carbonyl (C=O) groups excluding carboxylic acids is 2. The largest absolute Gasteiger partial charge is 0.338 e. The first-order valence-electron chi connectivity index (χ1n) is 8.96. The van der Waals surface area contributed by atoms with E-state index in [4.69, 9.17) is 52.1 Å². The van der Waals surface area contributed by atoms with Crippen molar-refractivity contribution < 1.29 is 14.0 Å². The Balaban J connectivity index is 1.61. The molecule has 6 nitrogen and oxygen atoms in total. The monoisotopic (exact) mass is 492 g/mol. The van der Waals surface area contributed by atoms with Crippen molar-refractivity contribution in [1.29, 1.82) is 0 Å². The molecule has 2 amide bonds. The van der Waals surface area contributed by atoms with Crippen molar-refractivity contribution in [2.45, 2.75) is 12.5 Å². The van der Waals surface area contributed by atoms with Crippen LogP contribution in [0.1, 0.15) is 15.9 Å². The molecule has 1 aromatic heterocycles. The third kappa shape index (κ3) is 4.98. The van der Waals surface area contributed by atoms with Crippen LogP contribution >= 0.6 is 46.4 Å². The Bertz CT molecular complexity index is 983. The zero-order chi connectivity index (χ0) is 22.0. The molecule has 0 saturated carbocycles. The number of benzene rings is 1.